The molecule has 1 aromatic carbocycles. The number of carbonyl (C=O) groups excluding carboxylic acids is 1. The third kappa shape index (κ3) is 3.48. The molecule has 142 valence electrons. The Hall–Kier alpha value is -3.37. The number of methoxy groups -OCH3 is 1. The van der Waals surface area contributed by atoms with Gasteiger partial charge in [0.15, 0.2) is 11.5 Å². The molecular weight excluding hydrogens is 365 g/mol. The minimum Gasteiger partial charge on any atom is -0.496 e. The zero-order valence-electron chi connectivity index (χ0n) is 14.3. The first-order valence-corrected chi connectivity index (χ1v) is 7.71. The Morgan fingerprint density at radius 2 is 2.04 bits per heavy atom. The van der Waals surface area contributed by atoms with Crippen molar-refractivity contribution < 1.29 is 22.7 Å². The van der Waals surface area contributed by atoms with Gasteiger partial charge in [0, 0.05) is 11.8 Å². The van der Waals surface area contributed by atoms with Crippen LogP contribution in [0.15, 0.2) is 30.9 Å². The summed E-state index contributed by atoms with van der Waals surface area (Å²) < 4.78 is 45.0. The van der Waals surface area contributed by atoms with Crippen molar-refractivity contribution in [1.29, 1.82) is 0 Å². The van der Waals surface area contributed by atoms with Gasteiger partial charge in [0.2, 0.25) is 5.91 Å². The van der Waals surface area contributed by atoms with E-state index in [4.69, 9.17) is 10.5 Å². The second-order valence-corrected chi connectivity index (χ2v) is 5.66. The van der Waals surface area contributed by atoms with Gasteiger partial charge in [-0.05, 0) is 19.1 Å². The predicted octanol–water partition coefficient (Wildman–Crippen LogP) is 2.64. The number of rotatable bonds is 4. The maximum absolute atomic E-state index is 12.9. The number of halogens is 3. The lowest BCUT2D eigenvalue weighted by atomic mass is 10.1. The summed E-state index contributed by atoms with van der Waals surface area (Å²) in [6, 6.07) is 2.36. The van der Waals surface area contributed by atoms with Crippen LogP contribution in [0.4, 0.5) is 24.7 Å². The van der Waals surface area contributed by atoms with Crippen LogP contribution in [0.5, 0.6) is 5.75 Å². The number of benzene rings is 1. The highest BCUT2D eigenvalue weighted by Crippen LogP contribution is 2.37. The van der Waals surface area contributed by atoms with E-state index in [9.17, 15) is 18.0 Å². The number of nitrogens with two attached hydrogens (primary N) is 1. The number of hydrogen-bond donors (Lipinski definition) is 2. The fourth-order valence-electron chi connectivity index (χ4n) is 2.53. The molecule has 1 amide bonds. The first-order chi connectivity index (χ1) is 12.7. The summed E-state index contributed by atoms with van der Waals surface area (Å²) in [4.78, 5) is 24.5. The smallest absolute Gasteiger partial charge is 0.419 e. The van der Waals surface area contributed by atoms with Crippen molar-refractivity contribution in [1.82, 2.24) is 19.5 Å². The van der Waals surface area contributed by atoms with E-state index in [0.717, 1.165) is 25.3 Å². The molecular formula is C16H15F3N6O2. The Morgan fingerprint density at radius 3 is 2.70 bits per heavy atom. The summed E-state index contributed by atoms with van der Waals surface area (Å²) in [6.07, 6.45) is -1.91. The Labute approximate surface area is 151 Å². The predicted molar refractivity (Wildman–Crippen MR) is 91.1 cm³/mol. The first-order valence-electron chi connectivity index (χ1n) is 7.71. The maximum Gasteiger partial charge on any atom is 0.419 e. The van der Waals surface area contributed by atoms with Gasteiger partial charge in [-0.25, -0.2) is 15.0 Å². The van der Waals surface area contributed by atoms with Gasteiger partial charge in [0.05, 0.1) is 19.0 Å². The minimum absolute atomic E-state index is 0.162. The zero-order chi connectivity index (χ0) is 19.8. The van der Waals surface area contributed by atoms with E-state index in [1.54, 1.807) is 6.92 Å². The molecule has 1 unspecified atom stereocenters. The molecule has 0 saturated carbocycles. The van der Waals surface area contributed by atoms with Crippen molar-refractivity contribution in [3.8, 4) is 5.75 Å². The average molecular weight is 380 g/mol. The highest BCUT2D eigenvalue weighted by molar-refractivity contribution is 5.95. The van der Waals surface area contributed by atoms with Crippen molar-refractivity contribution >= 4 is 28.6 Å². The van der Waals surface area contributed by atoms with E-state index in [1.165, 1.54) is 17.2 Å². The van der Waals surface area contributed by atoms with Gasteiger partial charge >= 0.3 is 6.18 Å². The molecule has 0 aliphatic carbocycles. The number of nitrogen functional groups attached to an aromatic ring is 1. The Balaban J connectivity index is 1.85. The Morgan fingerprint density at radius 1 is 1.30 bits per heavy atom. The SMILES string of the molecule is COc1cc(NC(=O)C(C)n2cnc3c(N)ncnc32)ccc1C(F)(F)F. The van der Waals surface area contributed by atoms with Gasteiger partial charge in [-0.2, -0.15) is 13.2 Å². The van der Waals surface area contributed by atoms with Crippen molar-refractivity contribution in [3.63, 3.8) is 0 Å². The van der Waals surface area contributed by atoms with Crippen LogP contribution in [0, 0.1) is 0 Å². The molecule has 3 rings (SSSR count). The van der Waals surface area contributed by atoms with E-state index < -0.39 is 23.7 Å². The fourth-order valence-corrected chi connectivity index (χ4v) is 2.53. The molecule has 0 aliphatic rings. The maximum atomic E-state index is 12.9. The topological polar surface area (TPSA) is 108 Å². The molecule has 2 heterocycles. The third-order valence-corrected chi connectivity index (χ3v) is 3.96. The molecule has 1 atom stereocenters. The van der Waals surface area contributed by atoms with Gasteiger partial charge < -0.3 is 20.4 Å². The molecule has 2 aromatic heterocycles. The summed E-state index contributed by atoms with van der Waals surface area (Å²) >= 11 is 0. The van der Waals surface area contributed by atoms with Crippen LogP contribution in [0.1, 0.15) is 18.5 Å². The number of hydrogen-bond acceptors (Lipinski definition) is 6. The third-order valence-electron chi connectivity index (χ3n) is 3.96. The molecule has 11 heteroatoms. The van der Waals surface area contributed by atoms with Crippen molar-refractivity contribution in [2.24, 2.45) is 0 Å². The van der Waals surface area contributed by atoms with Gasteiger partial charge in [-0.3, -0.25) is 4.79 Å². The van der Waals surface area contributed by atoms with Crippen LogP contribution in [-0.4, -0.2) is 32.5 Å². The first kappa shape index (κ1) is 18.4. The molecule has 0 bridgehead atoms. The van der Waals surface area contributed by atoms with Crippen molar-refractivity contribution in [2.45, 2.75) is 19.1 Å². The summed E-state index contributed by atoms with van der Waals surface area (Å²) in [6.45, 7) is 1.59. The van der Waals surface area contributed by atoms with Crippen molar-refractivity contribution in [3.05, 3.63) is 36.4 Å². The molecule has 0 spiro atoms. The highest BCUT2D eigenvalue weighted by Gasteiger charge is 2.34. The lowest BCUT2D eigenvalue weighted by Crippen LogP contribution is -2.23. The largest absolute Gasteiger partial charge is 0.496 e. The zero-order valence-corrected chi connectivity index (χ0v) is 14.3. The highest BCUT2D eigenvalue weighted by atomic mass is 19.4. The molecule has 0 fully saturated rings. The molecule has 3 N–H and O–H groups in total. The number of ether oxygens (including phenoxy) is 1. The number of aromatic nitrogens is 4. The summed E-state index contributed by atoms with van der Waals surface area (Å²) in [5.41, 5.74) is 5.68. The average Bonchev–Trinajstić information content (AvgIpc) is 3.05. The van der Waals surface area contributed by atoms with E-state index in [2.05, 4.69) is 20.3 Å². The molecule has 8 nitrogen and oxygen atoms in total. The molecule has 0 saturated heterocycles. The fraction of sp³-hybridized carbons (Fsp3) is 0.250. The van der Waals surface area contributed by atoms with Crippen LogP contribution in [0.2, 0.25) is 0 Å². The quantitative estimate of drug-likeness (QED) is 0.720. The second kappa shape index (κ2) is 6.74. The number of nitrogens with zero attached hydrogens (tertiary/aromatic N) is 4. The minimum atomic E-state index is -4.56. The second-order valence-electron chi connectivity index (χ2n) is 5.66. The summed E-state index contributed by atoms with van der Waals surface area (Å²) in [5.74, 6) is -0.686. The summed E-state index contributed by atoms with van der Waals surface area (Å²) in [5, 5.41) is 2.55. The number of anilines is 2. The van der Waals surface area contributed by atoms with Crippen LogP contribution in [-0.2, 0) is 11.0 Å². The van der Waals surface area contributed by atoms with E-state index in [0.29, 0.717) is 11.2 Å². The van der Waals surface area contributed by atoms with Crippen LogP contribution < -0.4 is 15.8 Å². The van der Waals surface area contributed by atoms with Crippen LogP contribution in [0.25, 0.3) is 11.2 Å². The van der Waals surface area contributed by atoms with Crippen LogP contribution in [0.3, 0.4) is 0 Å². The number of alkyl halides is 3. The number of amides is 1. The van der Waals surface area contributed by atoms with E-state index in [1.807, 2.05) is 0 Å². The molecule has 0 radical (unpaired) electrons. The van der Waals surface area contributed by atoms with Gasteiger partial charge in [-0.1, -0.05) is 0 Å². The monoisotopic (exact) mass is 380 g/mol. The summed E-state index contributed by atoms with van der Waals surface area (Å²) in [7, 11) is 1.13. The molecule has 27 heavy (non-hydrogen) atoms. The van der Waals surface area contributed by atoms with Gasteiger partial charge in [0.1, 0.15) is 23.6 Å². The Bertz CT molecular complexity index is 1000. The van der Waals surface area contributed by atoms with E-state index in [-0.39, 0.29) is 17.3 Å². The number of nitrogens with one attached hydrogen (secondary N) is 1. The van der Waals surface area contributed by atoms with Crippen LogP contribution >= 0.6 is 0 Å². The lowest BCUT2D eigenvalue weighted by Gasteiger charge is -2.16. The number of carbonyl (C=O) groups is 1. The molecule has 3 aromatic rings. The Kier molecular flexibility index (Phi) is 4.60. The van der Waals surface area contributed by atoms with Crippen molar-refractivity contribution in [2.75, 3.05) is 18.2 Å². The normalized spacial score (nSPS) is 12.8. The van der Waals surface area contributed by atoms with Gasteiger partial charge in [-0.15, -0.1) is 0 Å². The van der Waals surface area contributed by atoms with E-state index >= 15 is 0 Å². The number of fused-ring (bicyclic) bond motifs is 1. The standard InChI is InChI=1S/C16H15F3N6O2/c1-8(25-7-23-12-13(20)21-6-22-14(12)25)15(26)24-9-3-4-10(16(17,18)19)11(5-9)27-2/h3-8H,1-2H3,(H,24,26)(H2,20,21,22). The van der Waals surface area contributed by atoms with Gasteiger partial charge in [0.25, 0.3) is 0 Å². The lowest BCUT2D eigenvalue weighted by molar-refractivity contribution is -0.138. The number of imidazole rings is 1. The molecule has 0 aliphatic heterocycles.